The van der Waals surface area contributed by atoms with Gasteiger partial charge in [-0.1, -0.05) is 0 Å². The predicted molar refractivity (Wildman–Crippen MR) is 52.5 cm³/mol. The van der Waals surface area contributed by atoms with Crippen LogP contribution < -0.4 is 11.1 Å². The molecule has 8 nitrogen and oxygen atoms in total. The van der Waals surface area contributed by atoms with Gasteiger partial charge < -0.3 is 16.2 Å². The molecule has 88 valence electrons. The highest BCUT2D eigenvalue weighted by Gasteiger charge is 2.27. The number of carboxylic acids is 1. The second-order valence-corrected chi connectivity index (χ2v) is 3.91. The second-order valence-electron chi connectivity index (χ2n) is 3.91. The molecule has 1 rings (SSSR count). The largest absolute Gasteiger partial charge is 0.481 e. The van der Waals surface area contributed by atoms with Gasteiger partial charge in [0, 0.05) is 5.54 Å². The molecule has 8 heteroatoms. The molecule has 1 aromatic heterocycles. The van der Waals surface area contributed by atoms with Crippen molar-refractivity contribution in [1.82, 2.24) is 15.6 Å². The number of carbonyl (C=O) groups excluding carboxylic acids is 1. The van der Waals surface area contributed by atoms with E-state index in [0.717, 1.165) is 0 Å². The van der Waals surface area contributed by atoms with E-state index >= 15 is 0 Å². The van der Waals surface area contributed by atoms with Crippen LogP contribution in [0.2, 0.25) is 0 Å². The molecule has 1 amide bonds. The zero-order valence-electron chi connectivity index (χ0n) is 8.85. The van der Waals surface area contributed by atoms with E-state index in [-0.39, 0.29) is 17.9 Å². The Labute approximate surface area is 90.8 Å². The van der Waals surface area contributed by atoms with Crippen LogP contribution in [0.5, 0.6) is 0 Å². The molecule has 0 aliphatic rings. The van der Waals surface area contributed by atoms with Crippen LogP contribution in [-0.4, -0.2) is 32.8 Å². The fourth-order valence-corrected chi connectivity index (χ4v) is 1.14. The Hall–Kier alpha value is -2.12. The molecule has 0 spiro atoms. The van der Waals surface area contributed by atoms with Crippen molar-refractivity contribution >= 4 is 17.7 Å². The van der Waals surface area contributed by atoms with Crippen molar-refractivity contribution in [2.75, 3.05) is 5.73 Å². The number of aromatic nitrogens is 2. The van der Waals surface area contributed by atoms with Crippen molar-refractivity contribution in [2.45, 2.75) is 25.8 Å². The van der Waals surface area contributed by atoms with E-state index in [2.05, 4.69) is 20.3 Å². The molecule has 0 aliphatic heterocycles. The minimum Gasteiger partial charge on any atom is -0.481 e. The Morgan fingerprint density at radius 1 is 1.50 bits per heavy atom. The summed E-state index contributed by atoms with van der Waals surface area (Å²) in [5, 5.41) is 17.6. The van der Waals surface area contributed by atoms with Gasteiger partial charge in [-0.2, -0.15) is 0 Å². The van der Waals surface area contributed by atoms with E-state index in [1.54, 1.807) is 13.8 Å². The van der Waals surface area contributed by atoms with Gasteiger partial charge in [0.2, 0.25) is 11.5 Å². The number of nitrogen functional groups attached to an aromatic ring is 1. The highest BCUT2D eigenvalue weighted by Crippen LogP contribution is 2.11. The van der Waals surface area contributed by atoms with Gasteiger partial charge in [0.1, 0.15) is 0 Å². The van der Waals surface area contributed by atoms with Crippen molar-refractivity contribution in [1.29, 1.82) is 0 Å². The van der Waals surface area contributed by atoms with E-state index in [9.17, 15) is 9.59 Å². The van der Waals surface area contributed by atoms with Crippen molar-refractivity contribution in [3.05, 3.63) is 5.69 Å². The maximum Gasteiger partial charge on any atom is 0.305 e. The van der Waals surface area contributed by atoms with Gasteiger partial charge in [0.15, 0.2) is 0 Å². The van der Waals surface area contributed by atoms with Gasteiger partial charge in [-0.25, -0.2) is 4.63 Å². The Balaban J connectivity index is 2.71. The summed E-state index contributed by atoms with van der Waals surface area (Å²) >= 11 is 0. The van der Waals surface area contributed by atoms with Gasteiger partial charge in [0.25, 0.3) is 5.91 Å². The van der Waals surface area contributed by atoms with Crippen molar-refractivity contribution in [3.63, 3.8) is 0 Å². The minimum absolute atomic E-state index is 0.136. The highest BCUT2D eigenvalue weighted by molar-refractivity contribution is 5.96. The summed E-state index contributed by atoms with van der Waals surface area (Å²) in [6, 6.07) is 0. The monoisotopic (exact) mass is 228 g/mol. The van der Waals surface area contributed by atoms with E-state index in [0.29, 0.717) is 0 Å². The first kappa shape index (κ1) is 12.0. The van der Waals surface area contributed by atoms with Crippen molar-refractivity contribution in [2.24, 2.45) is 0 Å². The summed E-state index contributed by atoms with van der Waals surface area (Å²) < 4.78 is 4.26. The third-order valence-corrected chi connectivity index (χ3v) is 1.77. The molecule has 4 N–H and O–H groups in total. The third kappa shape index (κ3) is 2.94. The number of amides is 1. The standard InChI is InChI=1S/C8H12N4O4/c1-8(2,3-4(13)14)10-7(15)5-6(9)12-16-11-5/h3H2,1-2H3,(H2,9,12)(H,10,15)(H,13,14). The van der Waals surface area contributed by atoms with Crippen LogP contribution in [0.1, 0.15) is 30.8 Å². The Kier molecular flexibility index (Phi) is 3.11. The lowest BCUT2D eigenvalue weighted by Crippen LogP contribution is -2.45. The molecule has 0 bridgehead atoms. The predicted octanol–water partition coefficient (Wildman–Crippen LogP) is -0.365. The molecule has 0 aromatic carbocycles. The lowest BCUT2D eigenvalue weighted by molar-refractivity contribution is -0.138. The highest BCUT2D eigenvalue weighted by atomic mass is 16.6. The Bertz CT molecular complexity index is 412. The van der Waals surface area contributed by atoms with Crippen LogP contribution >= 0.6 is 0 Å². The number of carboxylic acid groups (broad SMARTS) is 1. The Morgan fingerprint density at radius 3 is 2.56 bits per heavy atom. The zero-order chi connectivity index (χ0) is 12.3. The number of aliphatic carboxylic acids is 1. The smallest absolute Gasteiger partial charge is 0.305 e. The SMILES string of the molecule is CC(C)(CC(=O)O)NC(=O)c1nonc1N. The fraction of sp³-hybridized carbons (Fsp3) is 0.500. The van der Waals surface area contributed by atoms with Gasteiger partial charge in [0.05, 0.1) is 6.42 Å². The van der Waals surface area contributed by atoms with Crippen LogP contribution in [0.15, 0.2) is 4.63 Å². The number of rotatable bonds is 4. The van der Waals surface area contributed by atoms with E-state index in [4.69, 9.17) is 10.8 Å². The average Bonchev–Trinajstić information content (AvgIpc) is 2.47. The van der Waals surface area contributed by atoms with Crippen LogP contribution in [-0.2, 0) is 4.79 Å². The number of nitrogens with zero attached hydrogens (tertiary/aromatic N) is 2. The van der Waals surface area contributed by atoms with Crippen molar-refractivity contribution < 1.29 is 19.3 Å². The number of nitrogens with two attached hydrogens (primary N) is 1. The number of nitrogens with one attached hydrogen (secondary N) is 1. The summed E-state index contributed by atoms with van der Waals surface area (Å²) in [7, 11) is 0. The molecule has 0 saturated heterocycles. The van der Waals surface area contributed by atoms with Gasteiger partial charge in [-0.15, -0.1) is 0 Å². The first-order valence-corrected chi connectivity index (χ1v) is 4.44. The maximum atomic E-state index is 11.6. The van der Waals surface area contributed by atoms with Crippen LogP contribution in [0.4, 0.5) is 5.82 Å². The van der Waals surface area contributed by atoms with E-state index in [1.165, 1.54) is 0 Å². The van der Waals surface area contributed by atoms with Gasteiger partial charge >= 0.3 is 5.97 Å². The molecule has 0 radical (unpaired) electrons. The van der Waals surface area contributed by atoms with Gasteiger partial charge in [-0.3, -0.25) is 9.59 Å². The fourth-order valence-electron chi connectivity index (χ4n) is 1.14. The lowest BCUT2D eigenvalue weighted by atomic mass is 10.0. The zero-order valence-corrected chi connectivity index (χ0v) is 8.85. The molecular formula is C8H12N4O4. The van der Waals surface area contributed by atoms with E-state index in [1.807, 2.05) is 0 Å². The molecule has 0 saturated carbocycles. The normalized spacial score (nSPS) is 11.1. The van der Waals surface area contributed by atoms with Crippen LogP contribution in [0, 0.1) is 0 Å². The number of anilines is 1. The molecule has 16 heavy (non-hydrogen) atoms. The van der Waals surface area contributed by atoms with Crippen LogP contribution in [0.3, 0.4) is 0 Å². The lowest BCUT2D eigenvalue weighted by Gasteiger charge is -2.23. The Morgan fingerprint density at radius 2 is 2.12 bits per heavy atom. The van der Waals surface area contributed by atoms with E-state index < -0.39 is 17.4 Å². The summed E-state index contributed by atoms with van der Waals surface area (Å²) in [6.45, 7) is 3.14. The van der Waals surface area contributed by atoms with Crippen molar-refractivity contribution in [3.8, 4) is 0 Å². The molecule has 0 aliphatic carbocycles. The molecule has 0 fully saturated rings. The number of hydrogen-bond donors (Lipinski definition) is 3. The summed E-state index contributed by atoms with van der Waals surface area (Å²) in [6.07, 6.45) is -0.218. The first-order valence-electron chi connectivity index (χ1n) is 4.44. The number of carbonyl (C=O) groups is 2. The minimum atomic E-state index is -1.02. The molecule has 0 atom stereocenters. The quantitative estimate of drug-likeness (QED) is 0.640. The first-order chi connectivity index (χ1) is 7.32. The summed E-state index contributed by atoms with van der Waals surface area (Å²) in [4.78, 5) is 22.1. The molecule has 0 unspecified atom stereocenters. The molecule has 1 heterocycles. The third-order valence-electron chi connectivity index (χ3n) is 1.77. The summed E-state index contributed by atoms with van der Waals surface area (Å²) in [5.41, 5.74) is 4.25. The second kappa shape index (κ2) is 4.17. The maximum absolute atomic E-state index is 11.6. The average molecular weight is 228 g/mol. The summed E-state index contributed by atoms with van der Waals surface area (Å²) in [5.74, 6) is -1.77. The van der Waals surface area contributed by atoms with Crippen LogP contribution in [0.25, 0.3) is 0 Å². The number of hydrogen-bond acceptors (Lipinski definition) is 6. The topological polar surface area (TPSA) is 131 Å². The molecular weight excluding hydrogens is 216 g/mol. The van der Waals surface area contributed by atoms with Gasteiger partial charge in [-0.05, 0) is 24.2 Å². The molecule has 1 aromatic rings.